The Morgan fingerprint density at radius 2 is 1.95 bits per heavy atom. The maximum absolute atomic E-state index is 12.7. The fourth-order valence-corrected chi connectivity index (χ4v) is 2.72. The van der Waals surface area contributed by atoms with Crippen molar-refractivity contribution in [2.75, 3.05) is 33.4 Å². The summed E-state index contributed by atoms with van der Waals surface area (Å²) in [5.74, 6) is 0.380. The van der Waals surface area contributed by atoms with E-state index in [0.29, 0.717) is 26.2 Å². The molecule has 0 radical (unpaired) electrons. The summed E-state index contributed by atoms with van der Waals surface area (Å²) in [6.07, 6.45) is 0.949. The van der Waals surface area contributed by atoms with Crippen molar-refractivity contribution in [3.05, 3.63) is 0 Å². The molecule has 1 heterocycles. The number of methoxy groups -OCH3 is 1. The lowest BCUT2D eigenvalue weighted by atomic mass is 9.88. The van der Waals surface area contributed by atoms with Gasteiger partial charge in [-0.3, -0.25) is 4.79 Å². The third-order valence-electron chi connectivity index (χ3n) is 4.04. The zero-order valence-electron chi connectivity index (χ0n) is 12.6. The average molecular weight is 272 g/mol. The van der Waals surface area contributed by atoms with Crippen LogP contribution in [0.25, 0.3) is 0 Å². The second-order valence-electron chi connectivity index (χ2n) is 5.39. The number of carbonyl (C=O) groups excluding carboxylic acids is 1. The minimum Gasteiger partial charge on any atom is -0.383 e. The number of amides is 1. The molecule has 0 aromatic rings. The molecule has 1 aliphatic heterocycles. The fraction of sp³-hybridized carbons (Fsp3) is 0.929. The van der Waals surface area contributed by atoms with Crippen LogP contribution in [0.4, 0.5) is 0 Å². The van der Waals surface area contributed by atoms with Crippen LogP contribution in [0.3, 0.4) is 0 Å². The lowest BCUT2D eigenvalue weighted by Crippen LogP contribution is -2.43. The summed E-state index contributed by atoms with van der Waals surface area (Å²) in [5, 5.41) is 0. The molecule has 1 saturated heterocycles. The van der Waals surface area contributed by atoms with Crippen LogP contribution in [0.2, 0.25) is 0 Å². The first-order valence-corrected chi connectivity index (χ1v) is 7.16. The average Bonchev–Trinajstić information content (AvgIpc) is 2.63. The topological polar surface area (TPSA) is 64.8 Å². The molecule has 0 aliphatic carbocycles. The highest BCUT2D eigenvalue weighted by Gasteiger charge is 2.43. The molecule has 1 amide bonds. The number of hydrogen-bond acceptors (Lipinski definition) is 4. The van der Waals surface area contributed by atoms with E-state index < -0.39 is 0 Å². The molecule has 1 rings (SSSR count). The van der Waals surface area contributed by atoms with Gasteiger partial charge in [0.05, 0.1) is 24.7 Å². The van der Waals surface area contributed by atoms with Gasteiger partial charge in [-0.05, 0) is 32.7 Å². The van der Waals surface area contributed by atoms with Gasteiger partial charge in [0, 0.05) is 20.2 Å². The first kappa shape index (κ1) is 16.4. The summed E-state index contributed by atoms with van der Waals surface area (Å²) in [6.45, 7) is 8.59. The lowest BCUT2D eigenvalue weighted by molar-refractivity contribution is -0.138. The predicted molar refractivity (Wildman–Crippen MR) is 74.8 cm³/mol. The van der Waals surface area contributed by atoms with Crippen LogP contribution in [-0.4, -0.2) is 56.4 Å². The van der Waals surface area contributed by atoms with E-state index in [4.69, 9.17) is 15.2 Å². The van der Waals surface area contributed by atoms with Crippen molar-refractivity contribution in [3.63, 3.8) is 0 Å². The molecule has 4 unspecified atom stereocenters. The van der Waals surface area contributed by atoms with Crippen molar-refractivity contribution in [2.45, 2.75) is 39.4 Å². The summed E-state index contributed by atoms with van der Waals surface area (Å²) in [6, 6.07) is 0. The molecule has 4 atom stereocenters. The normalized spacial score (nSPS) is 30.6. The number of rotatable bonds is 7. The quantitative estimate of drug-likeness (QED) is 0.747. The first-order valence-electron chi connectivity index (χ1n) is 7.16. The summed E-state index contributed by atoms with van der Waals surface area (Å²) >= 11 is 0. The van der Waals surface area contributed by atoms with Crippen LogP contribution < -0.4 is 5.73 Å². The van der Waals surface area contributed by atoms with Gasteiger partial charge in [0.1, 0.15) is 0 Å². The van der Waals surface area contributed by atoms with Crippen molar-refractivity contribution < 1.29 is 14.3 Å². The molecule has 2 N–H and O–H groups in total. The minimum absolute atomic E-state index is 0.0135. The van der Waals surface area contributed by atoms with E-state index in [1.165, 1.54) is 0 Å². The Kier molecular flexibility index (Phi) is 6.75. The van der Waals surface area contributed by atoms with Gasteiger partial charge in [-0.2, -0.15) is 0 Å². The molecular formula is C14H28N2O3. The zero-order valence-corrected chi connectivity index (χ0v) is 12.6. The van der Waals surface area contributed by atoms with Gasteiger partial charge >= 0.3 is 0 Å². The standard InChI is InChI=1S/C14H28N2O3/c1-10-11(2)19-12(3)13(10)14(17)16(7-5-6-15)8-9-18-4/h10-13H,5-9,15H2,1-4H3. The van der Waals surface area contributed by atoms with Crippen LogP contribution in [0.15, 0.2) is 0 Å². The second-order valence-corrected chi connectivity index (χ2v) is 5.39. The molecule has 5 heteroatoms. The van der Waals surface area contributed by atoms with E-state index in [9.17, 15) is 4.79 Å². The molecule has 1 aliphatic rings. The predicted octanol–water partition coefficient (Wildman–Crippen LogP) is 0.870. The SMILES string of the molecule is COCCN(CCCN)C(=O)C1C(C)OC(C)C1C. The summed E-state index contributed by atoms with van der Waals surface area (Å²) in [5.41, 5.74) is 5.54. The van der Waals surface area contributed by atoms with E-state index in [1.54, 1.807) is 7.11 Å². The van der Waals surface area contributed by atoms with Crippen molar-refractivity contribution in [3.8, 4) is 0 Å². The smallest absolute Gasteiger partial charge is 0.228 e. The monoisotopic (exact) mass is 272 g/mol. The van der Waals surface area contributed by atoms with Crippen molar-refractivity contribution in [2.24, 2.45) is 17.6 Å². The molecule has 0 spiro atoms. The Morgan fingerprint density at radius 1 is 1.26 bits per heavy atom. The van der Waals surface area contributed by atoms with Crippen LogP contribution in [-0.2, 0) is 14.3 Å². The largest absolute Gasteiger partial charge is 0.383 e. The fourth-order valence-electron chi connectivity index (χ4n) is 2.72. The van der Waals surface area contributed by atoms with Crippen molar-refractivity contribution >= 4 is 5.91 Å². The van der Waals surface area contributed by atoms with Crippen molar-refractivity contribution in [1.29, 1.82) is 0 Å². The molecule has 5 nitrogen and oxygen atoms in total. The highest BCUT2D eigenvalue weighted by Crippen LogP contribution is 2.33. The maximum atomic E-state index is 12.7. The number of nitrogens with two attached hydrogens (primary N) is 1. The summed E-state index contributed by atoms with van der Waals surface area (Å²) < 4.78 is 10.8. The van der Waals surface area contributed by atoms with Crippen LogP contribution in [0, 0.1) is 11.8 Å². The molecular weight excluding hydrogens is 244 g/mol. The van der Waals surface area contributed by atoms with Gasteiger partial charge < -0.3 is 20.1 Å². The number of nitrogens with zero attached hydrogens (tertiary/aromatic N) is 1. The van der Waals surface area contributed by atoms with E-state index in [-0.39, 0.29) is 30.0 Å². The van der Waals surface area contributed by atoms with Gasteiger partial charge in [0.15, 0.2) is 0 Å². The van der Waals surface area contributed by atoms with Gasteiger partial charge in [-0.1, -0.05) is 6.92 Å². The number of hydrogen-bond donors (Lipinski definition) is 1. The van der Waals surface area contributed by atoms with Gasteiger partial charge in [-0.15, -0.1) is 0 Å². The Balaban J connectivity index is 2.68. The molecule has 1 fully saturated rings. The lowest BCUT2D eigenvalue weighted by Gasteiger charge is -2.28. The van der Waals surface area contributed by atoms with Gasteiger partial charge in [0.25, 0.3) is 0 Å². The van der Waals surface area contributed by atoms with Gasteiger partial charge in [0.2, 0.25) is 5.91 Å². The zero-order chi connectivity index (χ0) is 14.4. The maximum Gasteiger partial charge on any atom is 0.228 e. The highest BCUT2D eigenvalue weighted by molar-refractivity contribution is 5.80. The van der Waals surface area contributed by atoms with Crippen LogP contribution >= 0.6 is 0 Å². The molecule has 0 saturated carbocycles. The molecule has 0 aromatic heterocycles. The summed E-state index contributed by atoms with van der Waals surface area (Å²) in [7, 11) is 1.65. The Bertz CT molecular complexity index is 278. The van der Waals surface area contributed by atoms with E-state index in [1.807, 2.05) is 18.7 Å². The number of carbonyl (C=O) groups is 1. The summed E-state index contributed by atoms with van der Waals surface area (Å²) in [4.78, 5) is 14.5. The molecule has 112 valence electrons. The first-order chi connectivity index (χ1) is 9.02. The molecule has 0 aromatic carbocycles. The second kappa shape index (κ2) is 7.82. The van der Waals surface area contributed by atoms with Crippen LogP contribution in [0.1, 0.15) is 27.2 Å². The third-order valence-corrected chi connectivity index (χ3v) is 4.04. The molecule has 0 bridgehead atoms. The Labute approximate surface area is 116 Å². The Morgan fingerprint density at radius 3 is 2.42 bits per heavy atom. The third kappa shape index (κ3) is 4.16. The molecule has 19 heavy (non-hydrogen) atoms. The van der Waals surface area contributed by atoms with E-state index in [2.05, 4.69) is 6.92 Å². The number of ether oxygens (including phenoxy) is 2. The van der Waals surface area contributed by atoms with Crippen LogP contribution in [0.5, 0.6) is 0 Å². The van der Waals surface area contributed by atoms with E-state index in [0.717, 1.165) is 6.42 Å². The Hall–Kier alpha value is -0.650. The van der Waals surface area contributed by atoms with Gasteiger partial charge in [-0.25, -0.2) is 0 Å². The minimum atomic E-state index is -0.0513. The van der Waals surface area contributed by atoms with E-state index >= 15 is 0 Å². The highest BCUT2D eigenvalue weighted by atomic mass is 16.5. The van der Waals surface area contributed by atoms with Crippen molar-refractivity contribution in [1.82, 2.24) is 4.90 Å².